The number of carbonyl (C=O) groups excluding carboxylic acids is 1. The van der Waals surface area contributed by atoms with Crippen LogP contribution in [0.2, 0.25) is 0 Å². The summed E-state index contributed by atoms with van der Waals surface area (Å²) >= 11 is 0. The van der Waals surface area contributed by atoms with Gasteiger partial charge >= 0.3 is 5.97 Å². The second-order valence-corrected chi connectivity index (χ2v) is 3.89. The van der Waals surface area contributed by atoms with Crippen molar-refractivity contribution in [3.05, 3.63) is 35.9 Å². The Morgan fingerprint density at radius 3 is 2.44 bits per heavy atom. The lowest BCUT2D eigenvalue weighted by Crippen LogP contribution is -2.38. The number of aliphatic hydroxyl groups is 1. The molecule has 0 saturated heterocycles. The molecule has 0 radical (unpaired) electrons. The van der Waals surface area contributed by atoms with E-state index in [1.165, 1.54) is 0 Å². The Bertz CT molecular complexity index is 363. The van der Waals surface area contributed by atoms with Crippen molar-refractivity contribution >= 4 is 5.97 Å². The predicted octanol–water partition coefficient (Wildman–Crippen LogP) is 1.86. The van der Waals surface area contributed by atoms with Gasteiger partial charge in [0, 0.05) is 13.0 Å². The number of hydrogen-bond acceptors (Lipinski definition) is 4. The molecule has 100 valence electrons. The second kappa shape index (κ2) is 7.13. The van der Waals surface area contributed by atoms with E-state index in [2.05, 4.69) is 0 Å². The van der Waals surface area contributed by atoms with Crippen LogP contribution in [0.25, 0.3) is 0 Å². The molecule has 1 N–H and O–H groups in total. The zero-order valence-corrected chi connectivity index (χ0v) is 10.9. The van der Waals surface area contributed by atoms with Crippen molar-refractivity contribution in [1.29, 1.82) is 0 Å². The molecule has 18 heavy (non-hydrogen) atoms. The predicted molar refractivity (Wildman–Crippen MR) is 68.1 cm³/mol. The van der Waals surface area contributed by atoms with E-state index in [1.807, 2.05) is 13.0 Å². The average molecular weight is 252 g/mol. The summed E-state index contributed by atoms with van der Waals surface area (Å²) in [5.41, 5.74) is -1.10. The first kappa shape index (κ1) is 14.7. The summed E-state index contributed by atoms with van der Waals surface area (Å²) in [5, 5.41) is 10.6. The highest BCUT2D eigenvalue weighted by atomic mass is 16.5. The second-order valence-electron chi connectivity index (χ2n) is 3.89. The smallest absolute Gasteiger partial charge is 0.342 e. The van der Waals surface area contributed by atoms with E-state index in [1.54, 1.807) is 31.2 Å². The largest absolute Gasteiger partial charge is 0.464 e. The van der Waals surface area contributed by atoms with Crippen LogP contribution >= 0.6 is 0 Å². The van der Waals surface area contributed by atoms with Crippen LogP contribution in [0.1, 0.15) is 25.8 Å². The van der Waals surface area contributed by atoms with E-state index in [9.17, 15) is 9.90 Å². The number of hydrogen-bond donors (Lipinski definition) is 1. The molecular weight excluding hydrogens is 232 g/mol. The molecule has 0 spiro atoms. The van der Waals surface area contributed by atoms with Crippen LogP contribution in [0.4, 0.5) is 0 Å². The monoisotopic (exact) mass is 252 g/mol. The molecule has 0 aliphatic carbocycles. The fourth-order valence-corrected chi connectivity index (χ4v) is 1.69. The maximum absolute atomic E-state index is 11.9. The van der Waals surface area contributed by atoms with Gasteiger partial charge in [-0.25, -0.2) is 4.79 Å². The third-order valence-corrected chi connectivity index (χ3v) is 2.68. The van der Waals surface area contributed by atoms with Crippen LogP contribution in [-0.2, 0) is 19.9 Å². The van der Waals surface area contributed by atoms with Gasteiger partial charge in [-0.1, -0.05) is 30.3 Å². The van der Waals surface area contributed by atoms with Gasteiger partial charge in [0.15, 0.2) is 5.60 Å². The van der Waals surface area contributed by atoms with E-state index in [0.29, 0.717) is 18.8 Å². The first-order chi connectivity index (χ1) is 8.65. The Labute approximate surface area is 108 Å². The lowest BCUT2D eigenvalue weighted by atomic mass is 9.91. The summed E-state index contributed by atoms with van der Waals surface area (Å²) < 4.78 is 10.2. The number of ether oxygens (including phenoxy) is 2. The van der Waals surface area contributed by atoms with E-state index in [-0.39, 0.29) is 13.0 Å². The molecule has 0 unspecified atom stereocenters. The Morgan fingerprint density at radius 1 is 1.22 bits per heavy atom. The molecule has 1 rings (SSSR count). The number of esters is 1. The SMILES string of the molecule is CCOCC[C@](O)(C(=O)OCC)c1ccccc1. The highest BCUT2D eigenvalue weighted by molar-refractivity contribution is 5.81. The molecule has 1 aromatic carbocycles. The Kier molecular flexibility index (Phi) is 5.82. The zero-order valence-electron chi connectivity index (χ0n) is 10.9. The first-order valence-corrected chi connectivity index (χ1v) is 6.18. The molecule has 0 saturated carbocycles. The molecule has 4 heteroatoms. The van der Waals surface area contributed by atoms with Gasteiger partial charge in [-0.15, -0.1) is 0 Å². The molecule has 0 aliphatic heterocycles. The number of rotatable bonds is 7. The van der Waals surface area contributed by atoms with Crippen molar-refractivity contribution in [2.45, 2.75) is 25.9 Å². The van der Waals surface area contributed by atoms with Crippen LogP contribution in [0, 0.1) is 0 Å². The van der Waals surface area contributed by atoms with E-state index < -0.39 is 11.6 Å². The summed E-state index contributed by atoms with van der Waals surface area (Å²) in [5.74, 6) is -0.629. The fraction of sp³-hybridized carbons (Fsp3) is 0.500. The minimum absolute atomic E-state index is 0.184. The van der Waals surface area contributed by atoms with Crippen molar-refractivity contribution in [3.63, 3.8) is 0 Å². The molecule has 0 aromatic heterocycles. The average Bonchev–Trinajstić information content (AvgIpc) is 2.40. The normalized spacial score (nSPS) is 13.9. The molecular formula is C14H20O4. The highest BCUT2D eigenvalue weighted by Crippen LogP contribution is 2.26. The topological polar surface area (TPSA) is 55.8 Å². The fourth-order valence-electron chi connectivity index (χ4n) is 1.69. The quantitative estimate of drug-likeness (QED) is 0.594. The minimum Gasteiger partial charge on any atom is -0.464 e. The standard InChI is InChI=1S/C14H20O4/c1-3-17-11-10-14(16,13(15)18-4-2)12-8-6-5-7-9-12/h5-9,16H,3-4,10-11H2,1-2H3/t14-/m1/s1. The van der Waals surface area contributed by atoms with Gasteiger partial charge in [0.1, 0.15) is 0 Å². The molecule has 4 nitrogen and oxygen atoms in total. The Balaban J connectivity index is 2.90. The van der Waals surface area contributed by atoms with Crippen molar-refractivity contribution in [3.8, 4) is 0 Å². The van der Waals surface area contributed by atoms with Crippen molar-refractivity contribution in [2.24, 2.45) is 0 Å². The lowest BCUT2D eigenvalue weighted by Gasteiger charge is -2.26. The van der Waals surface area contributed by atoms with Crippen molar-refractivity contribution in [2.75, 3.05) is 19.8 Å². The zero-order chi connectivity index (χ0) is 13.4. The third-order valence-electron chi connectivity index (χ3n) is 2.68. The van der Waals surface area contributed by atoms with Gasteiger partial charge in [0.05, 0.1) is 13.2 Å². The molecule has 0 heterocycles. The van der Waals surface area contributed by atoms with Crippen LogP contribution in [-0.4, -0.2) is 30.9 Å². The molecule has 0 aliphatic rings. The molecule has 0 bridgehead atoms. The van der Waals surface area contributed by atoms with Gasteiger partial charge in [0.25, 0.3) is 0 Å². The summed E-state index contributed by atoms with van der Waals surface area (Å²) in [4.78, 5) is 11.9. The maximum Gasteiger partial charge on any atom is 0.342 e. The molecule has 1 aromatic rings. The summed E-state index contributed by atoms with van der Waals surface area (Å²) in [7, 11) is 0. The van der Waals surface area contributed by atoms with Gasteiger partial charge in [0.2, 0.25) is 0 Å². The molecule has 0 fully saturated rings. The first-order valence-electron chi connectivity index (χ1n) is 6.18. The van der Waals surface area contributed by atoms with Crippen molar-refractivity contribution in [1.82, 2.24) is 0 Å². The van der Waals surface area contributed by atoms with Gasteiger partial charge < -0.3 is 14.6 Å². The van der Waals surface area contributed by atoms with E-state index >= 15 is 0 Å². The van der Waals surface area contributed by atoms with Gasteiger partial charge in [-0.05, 0) is 19.4 Å². The summed E-state index contributed by atoms with van der Waals surface area (Å²) in [6.45, 7) is 4.68. The summed E-state index contributed by atoms with van der Waals surface area (Å²) in [6.07, 6.45) is 0.184. The molecule has 0 amide bonds. The third kappa shape index (κ3) is 3.55. The molecule has 1 atom stereocenters. The Hall–Kier alpha value is -1.39. The summed E-state index contributed by atoms with van der Waals surface area (Å²) in [6, 6.07) is 8.81. The van der Waals surface area contributed by atoms with Gasteiger partial charge in [-0.3, -0.25) is 0 Å². The van der Waals surface area contributed by atoms with Gasteiger partial charge in [-0.2, -0.15) is 0 Å². The highest BCUT2D eigenvalue weighted by Gasteiger charge is 2.39. The number of carbonyl (C=O) groups is 1. The van der Waals surface area contributed by atoms with E-state index in [0.717, 1.165) is 0 Å². The van der Waals surface area contributed by atoms with Crippen molar-refractivity contribution < 1.29 is 19.4 Å². The Morgan fingerprint density at radius 2 is 1.89 bits per heavy atom. The lowest BCUT2D eigenvalue weighted by molar-refractivity contribution is -0.168. The van der Waals surface area contributed by atoms with Crippen LogP contribution in [0.15, 0.2) is 30.3 Å². The maximum atomic E-state index is 11.9. The number of benzene rings is 1. The van der Waals surface area contributed by atoms with Crippen LogP contribution in [0.3, 0.4) is 0 Å². The van der Waals surface area contributed by atoms with E-state index in [4.69, 9.17) is 9.47 Å². The van der Waals surface area contributed by atoms with Crippen LogP contribution < -0.4 is 0 Å². The minimum atomic E-state index is -1.63. The van der Waals surface area contributed by atoms with Crippen LogP contribution in [0.5, 0.6) is 0 Å².